The number of hydrogen-bond acceptors (Lipinski definition) is 4. The molecule has 1 aromatic heterocycles. The summed E-state index contributed by atoms with van der Waals surface area (Å²) in [7, 11) is 1.71. The average molecular weight is 283 g/mol. The third-order valence-electron chi connectivity index (χ3n) is 3.48. The van der Waals surface area contributed by atoms with Crippen molar-refractivity contribution in [1.29, 1.82) is 0 Å². The molecule has 108 valence electrons. The van der Waals surface area contributed by atoms with Gasteiger partial charge in [-0.3, -0.25) is 4.79 Å². The molecule has 5 heteroatoms. The monoisotopic (exact) mass is 283 g/mol. The van der Waals surface area contributed by atoms with Crippen LogP contribution in [-0.2, 0) is 0 Å². The molecule has 5 nitrogen and oxygen atoms in total. The maximum atomic E-state index is 12.5. The molecule has 1 saturated carbocycles. The van der Waals surface area contributed by atoms with E-state index in [0.717, 1.165) is 24.3 Å². The molecule has 1 aliphatic carbocycles. The minimum atomic E-state index is -0.109. The van der Waals surface area contributed by atoms with Gasteiger partial charge in [-0.2, -0.15) is 0 Å². The van der Waals surface area contributed by atoms with E-state index >= 15 is 0 Å². The molecule has 21 heavy (non-hydrogen) atoms. The van der Waals surface area contributed by atoms with E-state index in [2.05, 4.69) is 10.3 Å². The second-order valence-corrected chi connectivity index (χ2v) is 5.23. The van der Waals surface area contributed by atoms with Crippen LogP contribution in [0.3, 0.4) is 0 Å². The van der Waals surface area contributed by atoms with Crippen molar-refractivity contribution in [3.05, 3.63) is 48.2 Å². The number of aromatic nitrogens is 1. The number of amides is 1. The van der Waals surface area contributed by atoms with Crippen LogP contribution in [0.1, 0.15) is 23.2 Å². The molecule has 3 rings (SSSR count). The zero-order valence-electron chi connectivity index (χ0n) is 11.8. The molecular weight excluding hydrogens is 266 g/mol. The molecule has 0 radical (unpaired) electrons. The summed E-state index contributed by atoms with van der Waals surface area (Å²) in [6.07, 6.45) is 3.96. The van der Waals surface area contributed by atoms with E-state index in [-0.39, 0.29) is 11.7 Å². The first-order valence-electron chi connectivity index (χ1n) is 6.93. The van der Waals surface area contributed by atoms with Gasteiger partial charge in [-0.25, -0.2) is 4.98 Å². The first-order valence-corrected chi connectivity index (χ1v) is 6.93. The topological polar surface area (TPSA) is 65.5 Å². The Morgan fingerprint density at radius 1 is 1.29 bits per heavy atom. The van der Waals surface area contributed by atoms with Crippen LogP contribution in [0, 0.1) is 0 Å². The minimum Gasteiger partial charge on any atom is -0.508 e. The molecule has 0 atom stereocenters. The lowest BCUT2D eigenvalue weighted by atomic mass is 10.2. The lowest BCUT2D eigenvalue weighted by Gasteiger charge is -2.17. The minimum absolute atomic E-state index is 0.109. The summed E-state index contributed by atoms with van der Waals surface area (Å²) in [5, 5.41) is 12.6. The van der Waals surface area contributed by atoms with Crippen molar-refractivity contribution < 1.29 is 9.90 Å². The fraction of sp³-hybridized carbons (Fsp3) is 0.250. The second kappa shape index (κ2) is 5.44. The van der Waals surface area contributed by atoms with Crippen molar-refractivity contribution in [2.75, 3.05) is 17.3 Å². The highest BCUT2D eigenvalue weighted by atomic mass is 16.3. The van der Waals surface area contributed by atoms with Crippen molar-refractivity contribution in [2.45, 2.75) is 18.9 Å². The van der Waals surface area contributed by atoms with E-state index in [1.54, 1.807) is 54.5 Å². The zero-order valence-corrected chi connectivity index (χ0v) is 11.8. The predicted molar refractivity (Wildman–Crippen MR) is 81.7 cm³/mol. The van der Waals surface area contributed by atoms with Crippen molar-refractivity contribution in [3.63, 3.8) is 0 Å². The van der Waals surface area contributed by atoms with E-state index in [4.69, 9.17) is 0 Å². The first-order chi connectivity index (χ1) is 10.1. The van der Waals surface area contributed by atoms with Crippen LogP contribution in [0.2, 0.25) is 0 Å². The largest absolute Gasteiger partial charge is 0.508 e. The fourth-order valence-electron chi connectivity index (χ4n) is 2.07. The van der Waals surface area contributed by atoms with Crippen LogP contribution < -0.4 is 10.2 Å². The Bertz CT molecular complexity index is 651. The van der Waals surface area contributed by atoms with Gasteiger partial charge in [0.05, 0.1) is 0 Å². The second-order valence-electron chi connectivity index (χ2n) is 5.23. The smallest absolute Gasteiger partial charge is 0.258 e. The van der Waals surface area contributed by atoms with Gasteiger partial charge in [-0.1, -0.05) is 0 Å². The fourth-order valence-corrected chi connectivity index (χ4v) is 2.07. The quantitative estimate of drug-likeness (QED) is 0.905. The Morgan fingerprint density at radius 3 is 2.67 bits per heavy atom. The Morgan fingerprint density at radius 2 is 2.00 bits per heavy atom. The highest BCUT2D eigenvalue weighted by Gasteiger charge is 2.22. The normalized spacial score (nSPS) is 13.8. The molecule has 1 aromatic carbocycles. The first kappa shape index (κ1) is 13.4. The highest BCUT2D eigenvalue weighted by Crippen LogP contribution is 2.24. The average Bonchev–Trinajstić information content (AvgIpc) is 3.31. The van der Waals surface area contributed by atoms with Gasteiger partial charge in [-0.05, 0) is 49.2 Å². The van der Waals surface area contributed by atoms with Crippen LogP contribution in [0.4, 0.5) is 11.5 Å². The Labute approximate surface area is 123 Å². The summed E-state index contributed by atoms with van der Waals surface area (Å²) >= 11 is 0. The summed E-state index contributed by atoms with van der Waals surface area (Å²) in [6, 6.07) is 10.5. The van der Waals surface area contributed by atoms with Gasteiger partial charge < -0.3 is 15.3 Å². The van der Waals surface area contributed by atoms with Gasteiger partial charge in [0.1, 0.15) is 11.6 Å². The van der Waals surface area contributed by atoms with Crippen LogP contribution in [0.5, 0.6) is 5.75 Å². The third-order valence-corrected chi connectivity index (χ3v) is 3.48. The summed E-state index contributed by atoms with van der Waals surface area (Å²) in [5.41, 5.74) is 1.31. The van der Waals surface area contributed by atoms with E-state index in [1.807, 2.05) is 0 Å². The number of phenols is 1. The molecule has 1 amide bonds. The SMILES string of the molecule is CN(C(=O)c1ccnc(NC2CC2)c1)c1ccc(O)cc1. The summed E-state index contributed by atoms with van der Waals surface area (Å²) in [6.45, 7) is 0. The van der Waals surface area contributed by atoms with Crippen LogP contribution >= 0.6 is 0 Å². The Balaban J connectivity index is 1.78. The maximum absolute atomic E-state index is 12.5. The van der Waals surface area contributed by atoms with Crippen molar-refractivity contribution in [2.24, 2.45) is 0 Å². The summed E-state index contributed by atoms with van der Waals surface area (Å²) in [5.74, 6) is 0.809. The van der Waals surface area contributed by atoms with Crippen LogP contribution in [0.25, 0.3) is 0 Å². The number of nitrogens with one attached hydrogen (secondary N) is 1. The number of carbonyl (C=O) groups is 1. The zero-order chi connectivity index (χ0) is 14.8. The number of rotatable bonds is 4. The van der Waals surface area contributed by atoms with Gasteiger partial charge in [0.25, 0.3) is 5.91 Å². The number of aromatic hydroxyl groups is 1. The standard InChI is InChI=1S/C16H17N3O2/c1-19(13-4-6-14(20)7-5-13)16(21)11-8-9-17-15(10-11)18-12-2-3-12/h4-10,12,20H,2-3H2,1H3,(H,17,18). The Hall–Kier alpha value is -2.56. The molecule has 1 heterocycles. The van der Waals surface area contributed by atoms with E-state index in [9.17, 15) is 9.90 Å². The summed E-state index contributed by atoms with van der Waals surface area (Å²) < 4.78 is 0. The molecule has 0 bridgehead atoms. The van der Waals surface area contributed by atoms with Gasteiger partial charge >= 0.3 is 0 Å². The molecular formula is C16H17N3O2. The van der Waals surface area contributed by atoms with E-state index in [1.165, 1.54) is 0 Å². The van der Waals surface area contributed by atoms with Crippen LogP contribution in [0.15, 0.2) is 42.6 Å². The maximum Gasteiger partial charge on any atom is 0.258 e. The van der Waals surface area contributed by atoms with Gasteiger partial charge in [0.2, 0.25) is 0 Å². The molecule has 0 spiro atoms. The number of anilines is 2. The molecule has 1 fully saturated rings. The highest BCUT2D eigenvalue weighted by molar-refractivity contribution is 6.06. The molecule has 1 aliphatic rings. The third kappa shape index (κ3) is 3.13. The molecule has 0 unspecified atom stereocenters. The van der Waals surface area contributed by atoms with Crippen LogP contribution in [-0.4, -0.2) is 29.1 Å². The Kier molecular flexibility index (Phi) is 3.48. The lowest BCUT2D eigenvalue weighted by molar-refractivity contribution is 0.0993. The summed E-state index contributed by atoms with van der Waals surface area (Å²) in [4.78, 5) is 18.3. The number of carbonyl (C=O) groups excluding carboxylic acids is 1. The van der Waals surface area contributed by atoms with Gasteiger partial charge in [-0.15, -0.1) is 0 Å². The van der Waals surface area contributed by atoms with Crippen molar-refractivity contribution in [3.8, 4) is 5.75 Å². The number of nitrogens with zero attached hydrogens (tertiary/aromatic N) is 2. The van der Waals surface area contributed by atoms with Gasteiger partial charge in [0.15, 0.2) is 0 Å². The van der Waals surface area contributed by atoms with Gasteiger partial charge in [0, 0.05) is 30.5 Å². The molecule has 0 saturated heterocycles. The number of benzene rings is 1. The number of pyridine rings is 1. The molecule has 2 N–H and O–H groups in total. The number of phenolic OH excluding ortho intramolecular Hbond substituents is 1. The van der Waals surface area contributed by atoms with Crippen molar-refractivity contribution in [1.82, 2.24) is 4.98 Å². The van der Waals surface area contributed by atoms with E-state index in [0.29, 0.717) is 11.6 Å². The van der Waals surface area contributed by atoms with Crippen molar-refractivity contribution >= 4 is 17.4 Å². The van der Waals surface area contributed by atoms with E-state index < -0.39 is 0 Å². The predicted octanol–water partition coefficient (Wildman–Crippen LogP) is 2.64. The number of hydrogen-bond donors (Lipinski definition) is 2. The molecule has 2 aromatic rings. The molecule has 0 aliphatic heterocycles. The lowest BCUT2D eigenvalue weighted by Crippen LogP contribution is -2.26.